The molecule has 0 fully saturated rings. The van der Waals surface area contributed by atoms with Crippen molar-refractivity contribution in [2.24, 2.45) is 0 Å². The number of benzene rings is 1. The quantitative estimate of drug-likeness (QED) is 0.862. The highest BCUT2D eigenvalue weighted by atomic mass is 19.4. The number of halogens is 3. The number of carbonyl (C=O) groups is 1. The fourth-order valence-corrected chi connectivity index (χ4v) is 1.34. The Labute approximate surface area is 97.8 Å². The number of Topliss-reactive ketones (excluding diaryl/α,β-unsaturated/α-hetero) is 1. The average molecular weight is 245 g/mol. The van der Waals surface area contributed by atoms with E-state index in [1.165, 1.54) is 0 Å². The molecular formula is C12H14F3NO. The van der Waals surface area contributed by atoms with Crippen LogP contribution in [0.2, 0.25) is 0 Å². The van der Waals surface area contributed by atoms with Gasteiger partial charge in [-0.05, 0) is 12.5 Å². The molecular weight excluding hydrogens is 231 g/mol. The molecule has 1 aromatic carbocycles. The Hall–Kier alpha value is -1.36. The minimum atomic E-state index is -4.27. The zero-order valence-corrected chi connectivity index (χ0v) is 9.47. The smallest absolute Gasteiger partial charge is 0.302 e. The summed E-state index contributed by atoms with van der Waals surface area (Å²) in [5, 5.41) is 2.08. The number of carbonyl (C=O) groups excluding carboxylic acids is 1. The molecule has 0 atom stereocenters. The minimum absolute atomic E-state index is 0.158. The predicted molar refractivity (Wildman–Crippen MR) is 58.8 cm³/mol. The molecule has 17 heavy (non-hydrogen) atoms. The molecule has 0 saturated heterocycles. The molecule has 1 N–H and O–H groups in total. The summed E-state index contributed by atoms with van der Waals surface area (Å²) in [4.78, 5) is 11.4. The zero-order valence-electron chi connectivity index (χ0n) is 9.47. The van der Waals surface area contributed by atoms with E-state index in [0.29, 0.717) is 0 Å². The van der Waals surface area contributed by atoms with Crippen molar-refractivity contribution in [3.8, 4) is 0 Å². The largest absolute Gasteiger partial charge is 0.401 e. The summed E-state index contributed by atoms with van der Waals surface area (Å²) in [6.45, 7) is 0.538. The highest BCUT2D eigenvalue weighted by Gasteiger charge is 2.26. The highest BCUT2D eigenvalue weighted by molar-refractivity contribution is 5.82. The molecule has 1 aromatic rings. The summed E-state index contributed by atoms with van der Waals surface area (Å²) in [6.07, 6.45) is -4.12. The van der Waals surface area contributed by atoms with E-state index in [-0.39, 0.29) is 18.7 Å². The van der Waals surface area contributed by atoms with Crippen molar-refractivity contribution in [2.45, 2.75) is 19.5 Å². The molecule has 2 nitrogen and oxygen atoms in total. The lowest BCUT2D eigenvalue weighted by Crippen LogP contribution is -2.33. The summed E-state index contributed by atoms with van der Waals surface area (Å²) in [7, 11) is 0. The van der Waals surface area contributed by atoms with Gasteiger partial charge in [-0.3, -0.25) is 4.79 Å². The van der Waals surface area contributed by atoms with Crippen molar-refractivity contribution in [3.05, 3.63) is 35.4 Å². The van der Waals surface area contributed by atoms with Gasteiger partial charge >= 0.3 is 6.18 Å². The van der Waals surface area contributed by atoms with Crippen LogP contribution in [0.1, 0.15) is 11.1 Å². The van der Waals surface area contributed by atoms with E-state index >= 15 is 0 Å². The molecule has 0 aliphatic carbocycles. The summed E-state index contributed by atoms with van der Waals surface area (Å²) in [6, 6.07) is 7.34. The molecule has 5 heteroatoms. The number of ketones is 1. The predicted octanol–water partition coefficient (Wildman–Crippen LogP) is 2.26. The maximum atomic E-state index is 11.8. The Balaban J connectivity index is 2.32. The third-order valence-corrected chi connectivity index (χ3v) is 2.17. The lowest BCUT2D eigenvalue weighted by atomic mass is 10.1. The molecule has 1 rings (SSSR count). The first-order valence-electron chi connectivity index (χ1n) is 5.21. The van der Waals surface area contributed by atoms with E-state index in [2.05, 4.69) is 5.32 Å². The molecule has 0 aliphatic heterocycles. The van der Waals surface area contributed by atoms with Crippen LogP contribution in [-0.2, 0) is 11.2 Å². The van der Waals surface area contributed by atoms with E-state index in [1.807, 2.05) is 19.1 Å². The molecule has 0 amide bonds. The number of hydrogen-bond acceptors (Lipinski definition) is 2. The normalized spacial score (nSPS) is 11.5. The van der Waals surface area contributed by atoms with Crippen LogP contribution >= 0.6 is 0 Å². The lowest BCUT2D eigenvalue weighted by molar-refractivity contribution is -0.127. The maximum Gasteiger partial charge on any atom is 0.401 e. The number of hydrogen-bond donors (Lipinski definition) is 1. The van der Waals surface area contributed by atoms with Crippen molar-refractivity contribution in [3.63, 3.8) is 0 Å². The van der Waals surface area contributed by atoms with E-state index in [0.717, 1.165) is 11.1 Å². The minimum Gasteiger partial charge on any atom is -0.302 e. The summed E-state index contributed by atoms with van der Waals surface area (Å²) in [5.74, 6) is -0.252. The van der Waals surface area contributed by atoms with E-state index < -0.39 is 12.7 Å². The Bertz CT molecular complexity index is 370. The molecule has 94 valence electrons. The van der Waals surface area contributed by atoms with E-state index in [4.69, 9.17) is 0 Å². The van der Waals surface area contributed by atoms with Crippen LogP contribution in [0.3, 0.4) is 0 Å². The van der Waals surface area contributed by atoms with Gasteiger partial charge in [-0.2, -0.15) is 13.2 Å². The Morgan fingerprint density at radius 2 is 1.82 bits per heavy atom. The van der Waals surface area contributed by atoms with Gasteiger partial charge in [-0.15, -0.1) is 0 Å². The van der Waals surface area contributed by atoms with E-state index in [9.17, 15) is 18.0 Å². The van der Waals surface area contributed by atoms with Crippen LogP contribution in [0.15, 0.2) is 24.3 Å². The zero-order chi connectivity index (χ0) is 12.9. The first-order valence-corrected chi connectivity index (χ1v) is 5.21. The van der Waals surface area contributed by atoms with Gasteiger partial charge in [0.05, 0.1) is 13.1 Å². The van der Waals surface area contributed by atoms with Crippen molar-refractivity contribution in [1.82, 2.24) is 5.32 Å². The van der Waals surface area contributed by atoms with Gasteiger partial charge in [0, 0.05) is 6.42 Å². The standard InChI is InChI=1S/C12H14F3NO/c1-9-2-4-10(5-3-9)6-11(17)7-16-8-12(13,14)15/h2-5,16H,6-8H2,1H3. The van der Waals surface area contributed by atoms with Gasteiger partial charge in [0.25, 0.3) is 0 Å². The van der Waals surface area contributed by atoms with Gasteiger partial charge in [0.1, 0.15) is 0 Å². The maximum absolute atomic E-state index is 11.8. The van der Waals surface area contributed by atoms with Crippen LogP contribution in [0, 0.1) is 6.92 Å². The summed E-state index contributed by atoms with van der Waals surface area (Å²) >= 11 is 0. The van der Waals surface area contributed by atoms with Crippen molar-refractivity contribution >= 4 is 5.78 Å². The van der Waals surface area contributed by atoms with Gasteiger partial charge < -0.3 is 5.32 Å². The van der Waals surface area contributed by atoms with Crippen molar-refractivity contribution < 1.29 is 18.0 Å². The molecule has 0 aromatic heterocycles. The third-order valence-electron chi connectivity index (χ3n) is 2.17. The van der Waals surface area contributed by atoms with Gasteiger partial charge in [0.15, 0.2) is 5.78 Å². The highest BCUT2D eigenvalue weighted by Crippen LogP contribution is 2.12. The van der Waals surface area contributed by atoms with Crippen LogP contribution < -0.4 is 5.32 Å². The summed E-state index contributed by atoms with van der Waals surface area (Å²) in [5.41, 5.74) is 1.89. The third kappa shape index (κ3) is 6.06. The SMILES string of the molecule is Cc1ccc(CC(=O)CNCC(F)(F)F)cc1. The first-order chi connectivity index (χ1) is 7.87. The van der Waals surface area contributed by atoms with Crippen LogP contribution in [-0.4, -0.2) is 25.0 Å². The number of rotatable bonds is 5. The molecule has 0 aliphatic rings. The number of aryl methyl sites for hydroxylation is 1. The van der Waals surface area contributed by atoms with Crippen molar-refractivity contribution in [1.29, 1.82) is 0 Å². The second-order valence-corrected chi connectivity index (χ2v) is 3.92. The van der Waals surface area contributed by atoms with Gasteiger partial charge in [0.2, 0.25) is 0 Å². The van der Waals surface area contributed by atoms with Gasteiger partial charge in [-0.1, -0.05) is 29.8 Å². The monoisotopic (exact) mass is 245 g/mol. The number of nitrogens with one attached hydrogen (secondary N) is 1. The Morgan fingerprint density at radius 3 is 2.35 bits per heavy atom. The van der Waals surface area contributed by atoms with Gasteiger partial charge in [-0.25, -0.2) is 0 Å². The van der Waals surface area contributed by atoms with Crippen molar-refractivity contribution in [2.75, 3.05) is 13.1 Å². The molecule has 0 unspecified atom stereocenters. The fraction of sp³-hybridized carbons (Fsp3) is 0.417. The number of alkyl halides is 3. The first kappa shape index (κ1) is 13.7. The van der Waals surface area contributed by atoms with Crippen LogP contribution in [0.25, 0.3) is 0 Å². The average Bonchev–Trinajstić information content (AvgIpc) is 2.19. The molecule has 0 spiro atoms. The lowest BCUT2D eigenvalue weighted by Gasteiger charge is -2.07. The van der Waals surface area contributed by atoms with Crippen LogP contribution in [0.5, 0.6) is 0 Å². The fourth-order valence-electron chi connectivity index (χ4n) is 1.34. The Kier molecular flexibility index (Phi) is 4.69. The summed E-state index contributed by atoms with van der Waals surface area (Å²) < 4.78 is 35.4. The second-order valence-electron chi connectivity index (χ2n) is 3.92. The molecule has 0 heterocycles. The Morgan fingerprint density at radius 1 is 1.24 bits per heavy atom. The second kappa shape index (κ2) is 5.82. The molecule has 0 bridgehead atoms. The molecule has 0 radical (unpaired) electrons. The van der Waals surface area contributed by atoms with Crippen LogP contribution in [0.4, 0.5) is 13.2 Å². The van der Waals surface area contributed by atoms with E-state index in [1.54, 1.807) is 12.1 Å². The molecule has 0 saturated carbocycles. The topological polar surface area (TPSA) is 29.1 Å².